The molecule has 1 fully saturated rings. The molecule has 1 aliphatic carbocycles. The van der Waals surface area contributed by atoms with Crippen molar-refractivity contribution in [2.45, 2.75) is 99.1 Å². The summed E-state index contributed by atoms with van der Waals surface area (Å²) >= 11 is 1.20. The van der Waals surface area contributed by atoms with Crippen molar-refractivity contribution in [3.63, 3.8) is 0 Å². The van der Waals surface area contributed by atoms with Crippen LogP contribution in [0.3, 0.4) is 0 Å². The summed E-state index contributed by atoms with van der Waals surface area (Å²) in [5.74, 6) is -4.67. The Morgan fingerprint density at radius 3 is 2.06 bits per heavy atom. The number of rotatable bonds is 21. The molecule has 4 heterocycles. The van der Waals surface area contributed by atoms with Crippen LogP contribution in [0, 0.1) is 23.2 Å². The zero-order chi connectivity index (χ0) is 52.8. The van der Waals surface area contributed by atoms with Crippen LogP contribution in [0.1, 0.15) is 84.3 Å². The second-order valence-electron chi connectivity index (χ2n) is 19.1. The third-order valence-corrected chi connectivity index (χ3v) is 17.9. The quantitative estimate of drug-likeness (QED) is 0.0129. The Balaban J connectivity index is 0.00000406. The Hall–Kier alpha value is 0.720. The van der Waals surface area contributed by atoms with Gasteiger partial charge in [-0.25, -0.2) is 34.5 Å². The van der Waals surface area contributed by atoms with E-state index in [9.17, 15) is 59.5 Å². The number of amides is 1. The molecule has 21 nitrogen and oxygen atoms in total. The van der Waals surface area contributed by atoms with Gasteiger partial charge >= 0.3 is 154 Å². The minimum atomic E-state index is -4.88. The number of unbranched alkanes of at least 4 members (excludes halogenated alkanes) is 2. The van der Waals surface area contributed by atoms with E-state index in [1.165, 1.54) is 18.2 Å². The maximum atomic E-state index is 15.1. The van der Waals surface area contributed by atoms with Crippen molar-refractivity contribution in [1.29, 1.82) is 5.26 Å². The van der Waals surface area contributed by atoms with Gasteiger partial charge in [-0.2, -0.15) is 18.5 Å². The van der Waals surface area contributed by atoms with Crippen LogP contribution in [-0.4, -0.2) is 96.1 Å². The molecule has 4 unspecified atom stereocenters. The zero-order valence-electron chi connectivity index (χ0n) is 44.6. The zero-order valence-corrected chi connectivity index (χ0v) is 58.6. The van der Waals surface area contributed by atoms with Crippen LogP contribution < -0.4 is 168 Å². The maximum absolute atomic E-state index is 15.1. The van der Waals surface area contributed by atoms with Crippen molar-refractivity contribution in [2.75, 3.05) is 36.0 Å². The molecular formula is C46H50N4Na5O17S5+. The molecule has 0 N–H and O–H groups in total. The molecule has 2 aromatic carbocycles. The summed E-state index contributed by atoms with van der Waals surface area (Å²) in [5, 5.41) is 53.3. The Labute approximate surface area is 568 Å². The van der Waals surface area contributed by atoms with Crippen molar-refractivity contribution in [2.24, 2.45) is 11.8 Å². The molecule has 31 heteroatoms. The topological polar surface area (TPSA) is 325 Å². The summed E-state index contributed by atoms with van der Waals surface area (Å²) < 4.78 is 116. The molecule has 7 rings (SSSR count). The van der Waals surface area contributed by atoms with E-state index in [0.29, 0.717) is 88.5 Å². The number of hydrogen-bond donors (Lipinski definition) is 0. The van der Waals surface area contributed by atoms with Gasteiger partial charge in [0.05, 0.1) is 54.5 Å². The molecule has 390 valence electrons. The molecule has 2 aromatic rings. The summed E-state index contributed by atoms with van der Waals surface area (Å²) in [4.78, 5) is 16.0. The molecule has 1 saturated heterocycles. The first-order valence-corrected chi connectivity index (χ1v) is 28.7. The van der Waals surface area contributed by atoms with Gasteiger partial charge in [0.25, 0.3) is 0 Å². The van der Waals surface area contributed by atoms with Crippen molar-refractivity contribution in [3.8, 4) is 6.07 Å². The van der Waals surface area contributed by atoms with Gasteiger partial charge in [0.2, 0.25) is 11.1 Å². The number of anilines is 1. The summed E-state index contributed by atoms with van der Waals surface area (Å²) in [6.45, 7) is 9.57. The molecule has 0 saturated carbocycles. The Morgan fingerprint density at radius 2 is 1.47 bits per heavy atom. The van der Waals surface area contributed by atoms with Gasteiger partial charge in [-0.3, -0.25) is 10.1 Å². The summed E-state index contributed by atoms with van der Waals surface area (Å²) in [6.07, 6.45) is 8.63. The molecule has 0 radical (unpaired) electrons. The maximum Gasteiger partial charge on any atom is 1.00 e. The van der Waals surface area contributed by atoms with E-state index >= 15 is 5.11 Å². The number of carbonyl (C=O) groups is 1. The Kier molecular flexibility index (Phi) is 28.5. The van der Waals surface area contributed by atoms with E-state index in [2.05, 4.69) is 24.8 Å². The minimum Gasteiger partial charge on any atom is -0.830 e. The molecule has 77 heavy (non-hydrogen) atoms. The molecule has 1 amide bonds. The van der Waals surface area contributed by atoms with Gasteiger partial charge in [0.1, 0.15) is 28.7 Å². The fourth-order valence-corrected chi connectivity index (χ4v) is 13.1. The first-order valence-electron chi connectivity index (χ1n) is 22.6. The Bertz CT molecular complexity index is 3150. The average Bonchev–Trinajstić information content (AvgIpc) is 3.75. The van der Waals surface area contributed by atoms with Crippen LogP contribution in [0.25, 0.3) is 0 Å². The van der Waals surface area contributed by atoms with Gasteiger partial charge in [-0.05, 0) is 105 Å². The van der Waals surface area contributed by atoms with Crippen LogP contribution in [0.5, 0.6) is 0 Å². The van der Waals surface area contributed by atoms with Gasteiger partial charge in [0, 0.05) is 75.4 Å². The average molecular weight is 1210 g/mol. The largest absolute Gasteiger partial charge is 1.00 e. The molecule has 4 atom stereocenters. The van der Waals surface area contributed by atoms with E-state index in [0.717, 1.165) is 17.0 Å². The van der Waals surface area contributed by atoms with E-state index in [1.54, 1.807) is 25.1 Å². The third-order valence-electron chi connectivity index (χ3n) is 14.0. The minimum absolute atomic E-state index is 0. The molecule has 0 bridgehead atoms. The molecule has 1 spiro atoms. The number of hydrogen-bond acceptors (Lipinski definition) is 21. The second kappa shape index (κ2) is 29.7. The van der Waals surface area contributed by atoms with Crippen LogP contribution in [0.2, 0.25) is 0 Å². The van der Waals surface area contributed by atoms with Crippen LogP contribution in [-0.2, 0) is 64.7 Å². The van der Waals surface area contributed by atoms with Gasteiger partial charge in [-0.1, -0.05) is 32.9 Å². The Morgan fingerprint density at radius 1 is 0.831 bits per heavy atom. The SMILES string of the molecule is CC1C(C2=C(C=CC3=[N+](CCCCS(=O)(=O)[O-])c4ccc(SOO[O-])cc4C3(C)C)CCC2=C/C=C2/N(CCCCS(=O)(=O)[O-])c3ccc(S(=O)(=O)[O-])cc3C2(C)C)=C([O-])[N+]2(CC2SOO[O-])C(=O)C1C#N.[Na+].[Na+].[Na+].[Na+].[Na+]. The summed E-state index contributed by atoms with van der Waals surface area (Å²) in [5.41, 5.74) is 4.11. The second-order valence-corrected chi connectivity index (χ2v) is 25.1. The number of nitrogens with zero attached hydrogens (tertiary/aromatic N) is 4. The monoisotopic (exact) mass is 1210 g/mol. The molecular weight excluding hydrogens is 1160 g/mol. The first-order chi connectivity index (χ1) is 33.7. The standard InChI is InChI=1S/C46H54N4O17S5.5Na/c1-28-33(26-47)43(51)50(27-40(50)69-67-65-54)44(52)41(28)42-29(12-18-38-45(2,3)34-24-31(68-66-64-53)14-16-36(34)48(38)20-6-8-22-70(55,56)57)10-11-30(42)13-19-39-46(4,5)35-25-32(72(61,62)63)15-17-37(35)49(39)21-7-9-23-71(58,59)60;;;;;/h12-19,24-25,28,33,40H,6-11,20-23,27H2,1-5H3,(H4-,53,54,55,56,57,58,59,60,61,62,63);;;;;/q;5*+1/p-4/b30-13?,39-19+;;;;;. The number of fused-ring (bicyclic) bond motifs is 2. The third kappa shape index (κ3) is 16.2. The van der Waals surface area contributed by atoms with Gasteiger partial charge in [-0.15, -0.1) is 0 Å². The summed E-state index contributed by atoms with van der Waals surface area (Å²) in [6, 6.07) is 11.4. The summed E-state index contributed by atoms with van der Waals surface area (Å²) in [7, 11) is -13.9. The normalized spacial score (nSPS) is 23.3. The van der Waals surface area contributed by atoms with E-state index in [4.69, 9.17) is 0 Å². The van der Waals surface area contributed by atoms with Crippen molar-refractivity contribution >= 4 is 77.4 Å². The smallest absolute Gasteiger partial charge is 0.830 e. The first kappa shape index (κ1) is 73.8. The van der Waals surface area contributed by atoms with Crippen LogP contribution in [0.4, 0.5) is 11.4 Å². The number of nitriles is 1. The van der Waals surface area contributed by atoms with Crippen molar-refractivity contribution in [1.82, 2.24) is 0 Å². The van der Waals surface area contributed by atoms with Gasteiger partial charge < -0.3 is 34.2 Å². The molecule has 4 aliphatic heterocycles. The van der Waals surface area contributed by atoms with Crippen molar-refractivity contribution in [3.05, 3.63) is 106 Å². The fraction of sp³-hybridized carbons (Fsp3) is 0.457. The predicted octanol–water partition coefficient (Wildman–Crippen LogP) is -12.0. The van der Waals surface area contributed by atoms with E-state index in [1.807, 2.05) is 61.5 Å². The van der Waals surface area contributed by atoms with Crippen LogP contribution >= 0.6 is 24.1 Å². The van der Waals surface area contributed by atoms with E-state index < -0.39 is 91.1 Å². The number of benzene rings is 2. The number of allylic oxidation sites excluding steroid dienone is 9. The molecule has 5 aliphatic rings. The molecule has 0 aromatic heterocycles. The fourth-order valence-electron chi connectivity index (χ4n) is 10.4. The predicted molar refractivity (Wildman–Crippen MR) is 250 cm³/mol. The van der Waals surface area contributed by atoms with Gasteiger partial charge in [0.15, 0.2) is 18.2 Å². The van der Waals surface area contributed by atoms with Crippen LogP contribution in [0.15, 0.2) is 104 Å². The van der Waals surface area contributed by atoms with E-state index in [-0.39, 0.29) is 186 Å². The number of carbonyl (C=O) groups excluding carboxylic acids is 1. The van der Waals surface area contributed by atoms with Crippen molar-refractivity contribution < 1.29 is 235 Å². The number of quaternary nitrogens is 1.